The molecule has 2 heteroatoms. The molecule has 2 aliphatic rings. The third-order valence-corrected chi connectivity index (χ3v) is 6.73. The van der Waals surface area contributed by atoms with Gasteiger partial charge in [0, 0.05) is 0 Å². The van der Waals surface area contributed by atoms with Crippen molar-refractivity contribution in [1.29, 1.82) is 0 Å². The van der Waals surface area contributed by atoms with Crippen molar-refractivity contribution in [1.82, 2.24) is 0 Å². The van der Waals surface area contributed by atoms with Crippen LogP contribution in [0.2, 0.25) is 0 Å². The number of rotatable bonds is 4. The van der Waals surface area contributed by atoms with Crippen LogP contribution in [0.4, 0.5) is 8.78 Å². The van der Waals surface area contributed by atoms with Crippen molar-refractivity contribution in [3.8, 4) is 0 Å². The Morgan fingerprint density at radius 1 is 0.875 bits per heavy atom. The Balaban J connectivity index is 1.44. The van der Waals surface area contributed by atoms with E-state index < -0.39 is 11.6 Å². The van der Waals surface area contributed by atoms with Crippen LogP contribution in [0, 0.1) is 42.2 Å². The van der Waals surface area contributed by atoms with Crippen molar-refractivity contribution < 1.29 is 8.78 Å². The molecule has 0 saturated heterocycles. The van der Waals surface area contributed by atoms with Gasteiger partial charge in [-0.1, -0.05) is 38.7 Å². The maximum Gasteiger partial charge on any atom is 0.161 e. The van der Waals surface area contributed by atoms with E-state index in [4.69, 9.17) is 0 Å². The number of hydrogen-bond acceptors (Lipinski definition) is 0. The minimum atomic E-state index is -0.694. The molecule has 2 aliphatic carbocycles. The van der Waals surface area contributed by atoms with Gasteiger partial charge in [0.1, 0.15) is 0 Å². The van der Waals surface area contributed by atoms with Crippen LogP contribution in [-0.4, -0.2) is 0 Å². The lowest BCUT2D eigenvalue weighted by Gasteiger charge is -2.37. The molecule has 0 spiro atoms. The van der Waals surface area contributed by atoms with Crippen LogP contribution in [0.5, 0.6) is 0 Å². The van der Waals surface area contributed by atoms with Crippen molar-refractivity contribution in [3.05, 3.63) is 34.9 Å². The molecule has 0 N–H and O–H groups in total. The van der Waals surface area contributed by atoms with E-state index in [1.54, 1.807) is 6.92 Å². The van der Waals surface area contributed by atoms with E-state index in [0.29, 0.717) is 5.56 Å². The first-order chi connectivity index (χ1) is 11.5. The van der Waals surface area contributed by atoms with Crippen molar-refractivity contribution in [2.45, 2.75) is 78.1 Å². The summed E-state index contributed by atoms with van der Waals surface area (Å²) in [6.45, 7) is 4.05. The topological polar surface area (TPSA) is 0 Å². The maximum absolute atomic E-state index is 13.5. The van der Waals surface area contributed by atoms with Crippen molar-refractivity contribution in [2.24, 2.45) is 23.7 Å². The van der Waals surface area contributed by atoms with Crippen LogP contribution in [0.3, 0.4) is 0 Å². The highest BCUT2D eigenvalue weighted by Gasteiger charge is 2.29. The molecule has 2 saturated carbocycles. The van der Waals surface area contributed by atoms with Gasteiger partial charge in [-0.05, 0) is 86.3 Å². The van der Waals surface area contributed by atoms with E-state index in [2.05, 4.69) is 6.92 Å². The van der Waals surface area contributed by atoms with E-state index >= 15 is 0 Å². The molecule has 0 atom stereocenters. The molecule has 1 aromatic rings. The second-order valence-electron chi connectivity index (χ2n) is 8.55. The summed E-state index contributed by atoms with van der Waals surface area (Å²) in [5, 5.41) is 0. The van der Waals surface area contributed by atoms with E-state index in [1.807, 2.05) is 6.07 Å². The molecule has 0 amide bonds. The first-order valence-corrected chi connectivity index (χ1v) is 9.97. The second-order valence-corrected chi connectivity index (χ2v) is 8.55. The molecule has 0 heterocycles. The number of benzene rings is 1. The Hall–Kier alpha value is -0.920. The van der Waals surface area contributed by atoms with Crippen LogP contribution >= 0.6 is 0 Å². The number of hydrogen-bond donors (Lipinski definition) is 0. The summed E-state index contributed by atoms with van der Waals surface area (Å²) < 4.78 is 26.9. The summed E-state index contributed by atoms with van der Waals surface area (Å²) in [6, 6.07) is 3.20. The van der Waals surface area contributed by atoms with Crippen molar-refractivity contribution in [3.63, 3.8) is 0 Å². The standard InChI is InChI=1S/C22H32F2/c1-15-3-9-19(10-4-15)20-11-7-17(8-12-20)5-6-18-13-16(2)22(24)21(23)14-18/h13-15,17,19-20H,3-12H2,1-2H3. The van der Waals surface area contributed by atoms with Crippen molar-refractivity contribution >= 4 is 0 Å². The predicted molar refractivity (Wildman–Crippen MR) is 96.0 cm³/mol. The lowest BCUT2D eigenvalue weighted by Crippen LogP contribution is -2.25. The van der Waals surface area contributed by atoms with Crippen LogP contribution in [0.25, 0.3) is 0 Å². The van der Waals surface area contributed by atoms with Gasteiger partial charge in [-0.2, -0.15) is 0 Å². The average Bonchev–Trinajstić information content (AvgIpc) is 2.59. The second kappa shape index (κ2) is 7.97. The molecule has 0 radical (unpaired) electrons. The molecule has 134 valence electrons. The molecular formula is C22H32F2. The Kier molecular flexibility index (Phi) is 5.94. The smallest absolute Gasteiger partial charge is 0.161 e. The van der Waals surface area contributed by atoms with Crippen molar-refractivity contribution in [2.75, 3.05) is 0 Å². The highest BCUT2D eigenvalue weighted by atomic mass is 19.2. The molecule has 24 heavy (non-hydrogen) atoms. The number of halogens is 2. The highest BCUT2D eigenvalue weighted by Crippen LogP contribution is 2.42. The zero-order valence-electron chi connectivity index (χ0n) is 15.3. The summed E-state index contributed by atoms with van der Waals surface area (Å²) in [7, 11) is 0. The van der Waals surface area contributed by atoms with Gasteiger partial charge in [0.25, 0.3) is 0 Å². The third-order valence-electron chi connectivity index (χ3n) is 6.73. The zero-order chi connectivity index (χ0) is 17.1. The number of aryl methyl sites for hydroxylation is 2. The van der Waals surface area contributed by atoms with Gasteiger partial charge >= 0.3 is 0 Å². The van der Waals surface area contributed by atoms with E-state index in [-0.39, 0.29) is 0 Å². The van der Waals surface area contributed by atoms with Crippen LogP contribution in [0.1, 0.15) is 75.8 Å². The molecule has 1 aromatic carbocycles. The van der Waals surface area contributed by atoms with Gasteiger partial charge < -0.3 is 0 Å². The van der Waals surface area contributed by atoms with Gasteiger partial charge in [0.05, 0.1) is 0 Å². The molecule has 0 bridgehead atoms. The lowest BCUT2D eigenvalue weighted by atomic mass is 9.69. The Morgan fingerprint density at radius 3 is 2.04 bits per heavy atom. The maximum atomic E-state index is 13.5. The molecule has 3 rings (SSSR count). The van der Waals surface area contributed by atoms with E-state index in [1.165, 1.54) is 57.4 Å². The molecule has 0 aliphatic heterocycles. The van der Waals surface area contributed by atoms with Gasteiger partial charge in [-0.15, -0.1) is 0 Å². The summed E-state index contributed by atoms with van der Waals surface area (Å²) in [5.74, 6) is 2.27. The summed E-state index contributed by atoms with van der Waals surface area (Å²) in [6.07, 6.45) is 13.2. The van der Waals surface area contributed by atoms with Crippen LogP contribution in [0.15, 0.2) is 12.1 Å². The summed E-state index contributed by atoms with van der Waals surface area (Å²) >= 11 is 0. The van der Waals surface area contributed by atoms with Gasteiger partial charge in [-0.25, -0.2) is 8.78 Å². The molecule has 0 aromatic heterocycles. The third kappa shape index (κ3) is 4.37. The quantitative estimate of drug-likeness (QED) is 0.565. The molecular weight excluding hydrogens is 302 g/mol. The van der Waals surface area contributed by atoms with E-state index in [0.717, 1.165) is 42.1 Å². The summed E-state index contributed by atoms with van der Waals surface area (Å²) in [4.78, 5) is 0. The predicted octanol–water partition coefficient (Wildman–Crippen LogP) is 6.84. The zero-order valence-corrected chi connectivity index (χ0v) is 15.3. The fourth-order valence-corrected chi connectivity index (χ4v) is 5.02. The minimum Gasteiger partial charge on any atom is -0.204 e. The molecule has 2 fully saturated rings. The molecule has 0 nitrogen and oxygen atoms in total. The SMILES string of the molecule is Cc1cc(CCC2CCC(C3CCC(C)CC3)CC2)cc(F)c1F. The Bertz CT molecular complexity index is 512. The fraction of sp³-hybridized carbons (Fsp3) is 0.727. The lowest BCUT2D eigenvalue weighted by molar-refractivity contribution is 0.148. The Morgan fingerprint density at radius 2 is 1.46 bits per heavy atom. The largest absolute Gasteiger partial charge is 0.204 e. The first-order valence-electron chi connectivity index (χ1n) is 9.97. The van der Waals surface area contributed by atoms with Crippen LogP contribution < -0.4 is 0 Å². The van der Waals surface area contributed by atoms with Gasteiger partial charge in [0.15, 0.2) is 11.6 Å². The summed E-state index contributed by atoms with van der Waals surface area (Å²) in [5.41, 5.74) is 1.38. The van der Waals surface area contributed by atoms with E-state index in [9.17, 15) is 8.78 Å². The van der Waals surface area contributed by atoms with Crippen LogP contribution in [-0.2, 0) is 6.42 Å². The normalized spacial score (nSPS) is 31.2. The average molecular weight is 334 g/mol. The molecule has 0 unspecified atom stereocenters. The fourth-order valence-electron chi connectivity index (χ4n) is 5.02. The minimum absolute atomic E-state index is 0.431. The van der Waals surface area contributed by atoms with Gasteiger partial charge in [0.2, 0.25) is 0 Å². The highest BCUT2D eigenvalue weighted by molar-refractivity contribution is 5.25. The monoisotopic (exact) mass is 334 g/mol. The van der Waals surface area contributed by atoms with Gasteiger partial charge in [-0.3, -0.25) is 0 Å². The first kappa shape index (κ1) is 17.9. The Labute approximate surface area is 146 Å².